The van der Waals surface area contributed by atoms with Gasteiger partial charge in [0.1, 0.15) is 0 Å². The lowest BCUT2D eigenvalue weighted by Gasteiger charge is -2.12. The largest absolute Gasteiger partial charge is 0.332 e. The van der Waals surface area contributed by atoms with Gasteiger partial charge in [0.25, 0.3) is 0 Å². The number of thioether (sulfide) groups is 1. The Hall–Kier alpha value is -2.86. The van der Waals surface area contributed by atoms with E-state index in [0.29, 0.717) is 19.4 Å². The van der Waals surface area contributed by atoms with Crippen LogP contribution in [0.15, 0.2) is 65.8 Å². The summed E-state index contributed by atoms with van der Waals surface area (Å²) in [5.74, 6) is 0.684. The molecule has 2 aromatic carbocycles. The summed E-state index contributed by atoms with van der Waals surface area (Å²) in [6, 6.07) is 20.3. The number of aromatic amines is 1. The minimum atomic E-state index is -0.0503. The predicted molar refractivity (Wildman–Crippen MR) is 111 cm³/mol. The second-order valence-corrected chi connectivity index (χ2v) is 7.72. The van der Waals surface area contributed by atoms with Crippen LogP contribution < -0.4 is 0 Å². The summed E-state index contributed by atoms with van der Waals surface area (Å²) in [5.41, 5.74) is 4.09. The van der Waals surface area contributed by atoms with Gasteiger partial charge in [-0.15, -0.1) is 0 Å². The van der Waals surface area contributed by atoms with Crippen LogP contribution in [0.4, 0.5) is 0 Å². The van der Waals surface area contributed by atoms with Crippen molar-refractivity contribution in [3.8, 4) is 22.5 Å². The number of nitrogens with one attached hydrogen (secondary N) is 1. The molecule has 0 unspecified atom stereocenters. The molecule has 1 aliphatic rings. The van der Waals surface area contributed by atoms with Gasteiger partial charge in [-0.25, -0.2) is 4.98 Å². The van der Waals surface area contributed by atoms with Gasteiger partial charge in [0, 0.05) is 36.3 Å². The Morgan fingerprint density at radius 1 is 0.893 bits per heavy atom. The lowest BCUT2D eigenvalue weighted by molar-refractivity contribution is -0.138. The third kappa shape index (κ3) is 4.02. The average molecular weight is 391 g/mol. The number of hydrogen-bond acceptors (Lipinski definition) is 4. The van der Waals surface area contributed by atoms with Crippen LogP contribution in [0.25, 0.3) is 22.5 Å². The van der Waals surface area contributed by atoms with E-state index in [-0.39, 0.29) is 11.8 Å². The van der Waals surface area contributed by atoms with Gasteiger partial charge in [-0.1, -0.05) is 72.4 Å². The van der Waals surface area contributed by atoms with E-state index in [1.165, 1.54) is 4.90 Å². The van der Waals surface area contributed by atoms with E-state index in [2.05, 4.69) is 29.2 Å². The molecule has 0 radical (unpaired) electrons. The number of likely N-dealkylation sites (tertiary alicyclic amines) is 1. The van der Waals surface area contributed by atoms with E-state index in [4.69, 9.17) is 4.98 Å². The van der Waals surface area contributed by atoms with Crippen LogP contribution in [0, 0.1) is 0 Å². The summed E-state index contributed by atoms with van der Waals surface area (Å²) in [4.78, 5) is 33.0. The molecule has 3 aromatic rings. The van der Waals surface area contributed by atoms with Crippen LogP contribution in [0.5, 0.6) is 0 Å². The van der Waals surface area contributed by atoms with Gasteiger partial charge in [-0.2, -0.15) is 0 Å². The number of imidazole rings is 1. The zero-order chi connectivity index (χ0) is 19.3. The summed E-state index contributed by atoms with van der Waals surface area (Å²) in [5, 5.41) is 0.844. The van der Waals surface area contributed by atoms with Gasteiger partial charge >= 0.3 is 0 Å². The first-order chi connectivity index (χ1) is 13.7. The summed E-state index contributed by atoms with van der Waals surface area (Å²) in [6.07, 6.45) is 1.46. The molecule has 1 N–H and O–H groups in total. The van der Waals surface area contributed by atoms with Gasteiger partial charge < -0.3 is 4.98 Å². The monoisotopic (exact) mass is 391 g/mol. The standard InChI is InChI=1S/C22H21N3O2S/c26-18-12-13-19(27)25(18)14-7-15-28-22-23-20(16-8-3-1-4-9-16)21(24-22)17-10-5-2-6-11-17/h1-6,8-11H,7,12-15H2,(H,23,24). The third-order valence-corrected chi connectivity index (χ3v) is 5.67. The fourth-order valence-corrected chi connectivity index (χ4v) is 4.10. The van der Waals surface area contributed by atoms with Crippen molar-refractivity contribution >= 4 is 23.6 Å². The second kappa shape index (κ2) is 8.44. The van der Waals surface area contributed by atoms with Crippen LogP contribution in [0.1, 0.15) is 19.3 Å². The number of carbonyl (C=O) groups excluding carboxylic acids is 2. The van der Waals surface area contributed by atoms with Crippen LogP contribution >= 0.6 is 11.8 Å². The summed E-state index contributed by atoms with van der Waals surface area (Å²) in [6.45, 7) is 0.489. The van der Waals surface area contributed by atoms with Gasteiger partial charge in [0.05, 0.1) is 11.4 Å². The molecule has 4 rings (SSSR count). The first-order valence-electron chi connectivity index (χ1n) is 9.39. The van der Waals surface area contributed by atoms with Crippen molar-refractivity contribution in [1.82, 2.24) is 14.9 Å². The van der Waals surface area contributed by atoms with Crippen molar-refractivity contribution in [2.45, 2.75) is 24.4 Å². The summed E-state index contributed by atoms with van der Waals surface area (Å²) < 4.78 is 0. The van der Waals surface area contributed by atoms with Crippen molar-refractivity contribution in [3.63, 3.8) is 0 Å². The fraction of sp³-hybridized carbons (Fsp3) is 0.227. The number of rotatable bonds is 7. The van der Waals surface area contributed by atoms with Crippen molar-refractivity contribution in [2.75, 3.05) is 12.3 Å². The van der Waals surface area contributed by atoms with Crippen molar-refractivity contribution < 1.29 is 9.59 Å². The van der Waals surface area contributed by atoms with Crippen LogP contribution in [0.3, 0.4) is 0 Å². The van der Waals surface area contributed by atoms with E-state index >= 15 is 0 Å². The second-order valence-electron chi connectivity index (χ2n) is 6.64. The normalized spacial score (nSPS) is 14.1. The molecule has 5 nitrogen and oxygen atoms in total. The smallest absolute Gasteiger partial charge is 0.229 e. The summed E-state index contributed by atoms with van der Waals surface area (Å²) in [7, 11) is 0. The minimum Gasteiger partial charge on any atom is -0.332 e. The number of imide groups is 1. The fourth-order valence-electron chi connectivity index (χ4n) is 3.30. The minimum absolute atomic E-state index is 0.0503. The highest BCUT2D eigenvalue weighted by atomic mass is 32.2. The van der Waals surface area contributed by atoms with E-state index < -0.39 is 0 Å². The Morgan fingerprint density at radius 2 is 1.50 bits per heavy atom. The molecule has 6 heteroatoms. The van der Waals surface area contributed by atoms with Gasteiger partial charge in [-0.05, 0) is 6.42 Å². The molecule has 1 aromatic heterocycles. The van der Waals surface area contributed by atoms with Crippen molar-refractivity contribution in [2.24, 2.45) is 0 Å². The molecule has 0 saturated carbocycles. The Morgan fingerprint density at radius 3 is 2.14 bits per heavy atom. The maximum atomic E-state index is 11.7. The molecule has 0 bridgehead atoms. The topological polar surface area (TPSA) is 66.1 Å². The average Bonchev–Trinajstić information content (AvgIpc) is 3.30. The molecule has 0 atom stereocenters. The maximum absolute atomic E-state index is 11.7. The first kappa shape index (κ1) is 18.5. The van der Waals surface area contributed by atoms with E-state index in [1.54, 1.807) is 11.8 Å². The van der Waals surface area contributed by atoms with Gasteiger partial charge in [0.2, 0.25) is 11.8 Å². The molecule has 1 fully saturated rings. The number of nitrogens with zero attached hydrogens (tertiary/aromatic N) is 2. The highest BCUT2D eigenvalue weighted by Crippen LogP contribution is 2.32. The van der Waals surface area contributed by atoms with Gasteiger partial charge in [-0.3, -0.25) is 14.5 Å². The van der Waals surface area contributed by atoms with E-state index in [1.807, 2.05) is 36.4 Å². The quantitative estimate of drug-likeness (QED) is 0.369. The van der Waals surface area contributed by atoms with E-state index in [9.17, 15) is 9.59 Å². The third-order valence-electron chi connectivity index (χ3n) is 4.71. The number of benzene rings is 2. The molecule has 2 heterocycles. The summed E-state index contributed by atoms with van der Waals surface area (Å²) >= 11 is 1.61. The lowest BCUT2D eigenvalue weighted by Crippen LogP contribution is -2.30. The molecular weight excluding hydrogens is 370 g/mol. The molecule has 0 spiro atoms. The maximum Gasteiger partial charge on any atom is 0.229 e. The Balaban J connectivity index is 1.48. The number of hydrogen-bond donors (Lipinski definition) is 1. The Bertz CT molecular complexity index is 897. The number of carbonyl (C=O) groups is 2. The zero-order valence-electron chi connectivity index (χ0n) is 15.4. The van der Waals surface area contributed by atoms with Crippen LogP contribution in [0.2, 0.25) is 0 Å². The Labute approximate surface area is 168 Å². The molecule has 2 amide bonds. The van der Waals surface area contributed by atoms with Crippen molar-refractivity contribution in [3.05, 3.63) is 60.7 Å². The lowest BCUT2D eigenvalue weighted by atomic mass is 10.1. The molecule has 1 saturated heterocycles. The molecule has 28 heavy (non-hydrogen) atoms. The first-order valence-corrected chi connectivity index (χ1v) is 10.4. The predicted octanol–water partition coefficient (Wildman–Crippen LogP) is 4.37. The van der Waals surface area contributed by atoms with Gasteiger partial charge in [0.15, 0.2) is 5.16 Å². The molecule has 0 aliphatic carbocycles. The molecule has 1 aliphatic heterocycles. The zero-order valence-corrected chi connectivity index (χ0v) is 16.2. The van der Waals surface area contributed by atoms with Crippen molar-refractivity contribution in [1.29, 1.82) is 0 Å². The number of aromatic nitrogens is 2. The molecular formula is C22H21N3O2S. The number of amides is 2. The van der Waals surface area contributed by atoms with E-state index in [0.717, 1.165) is 39.8 Å². The highest BCUT2D eigenvalue weighted by molar-refractivity contribution is 7.99. The highest BCUT2D eigenvalue weighted by Gasteiger charge is 2.28. The Kier molecular flexibility index (Phi) is 5.58. The number of H-pyrrole nitrogens is 1. The van der Waals surface area contributed by atoms with Crippen LogP contribution in [-0.2, 0) is 9.59 Å². The van der Waals surface area contributed by atoms with Crippen LogP contribution in [-0.4, -0.2) is 39.0 Å². The SMILES string of the molecule is O=C1CCC(=O)N1CCCSc1nc(-c2ccccc2)c(-c2ccccc2)[nH]1. The molecule has 142 valence electrons.